The first-order valence-corrected chi connectivity index (χ1v) is 5.62. The average Bonchev–Trinajstić information content (AvgIpc) is 2.26. The number of urea groups is 1. The van der Waals surface area contributed by atoms with Crippen LogP contribution in [-0.2, 0) is 0 Å². The number of fused-ring (bicyclic) bond motifs is 4. The molecule has 0 aromatic heterocycles. The van der Waals surface area contributed by atoms with E-state index < -0.39 is 11.7 Å². The molecule has 0 unspecified atom stereocenters. The van der Waals surface area contributed by atoms with Crippen LogP contribution in [0.5, 0.6) is 5.75 Å². The molecule has 1 aromatic carbocycles. The minimum absolute atomic E-state index is 0.189. The normalized spacial score (nSPS) is 28.5. The lowest BCUT2D eigenvalue weighted by atomic mass is 9.91. The van der Waals surface area contributed by atoms with Crippen LogP contribution in [0.15, 0.2) is 18.2 Å². The summed E-state index contributed by atoms with van der Waals surface area (Å²) < 4.78 is 5.73. The molecule has 2 atom stereocenters. The second kappa shape index (κ2) is 3.38. The molecule has 2 aliphatic heterocycles. The van der Waals surface area contributed by atoms with E-state index in [-0.39, 0.29) is 17.6 Å². The van der Waals surface area contributed by atoms with Crippen molar-refractivity contribution in [2.24, 2.45) is 0 Å². The van der Waals surface area contributed by atoms with E-state index >= 15 is 0 Å². The minimum atomic E-state index is -0.994. The molecule has 1 aromatic rings. The van der Waals surface area contributed by atoms with E-state index in [0.717, 1.165) is 0 Å². The third kappa shape index (κ3) is 1.57. The molecule has 1 saturated heterocycles. The fourth-order valence-electron chi connectivity index (χ4n) is 2.47. The van der Waals surface area contributed by atoms with Crippen LogP contribution >= 0.6 is 0 Å². The minimum Gasteiger partial charge on any atom is -0.478 e. The molecule has 0 radical (unpaired) electrons. The highest BCUT2D eigenvalue weighted by Gasteiger charge is 2.43. The van der Waals surface area contributed by atoms with Crippen molar-refractivity contribution in [3.05, 3.63) is 29.3 Å². The molecule has 3 rings (SSSR count). The van der Waals surface area contributed by atoms with Crippen LogP contribution in [-0.4, -0.2) is 22.8 Å². The van der Waals surface area contributed by atoms with E-state index in [1.807, 2.05) is 0 Å². The quantitative estimate of drug-likeness (QED) is 0.697. The van der Waals surface area contributed by atoms with Gasteiger partial charge in [0.1, 0.15) is 5.75 Å². The molecule has 2 bridgehead atoms. The maximum absolute atomic E-state index is 11.5. The van der Waals surface area contributed by atoms with Crippen molar-refractivity contribution in [2.45, 2.75) is 25.1 Å². The first kappa shape index (κ1) is 10.9. The number of hydrogen-bond donors (Lipinski definition) is 3. The molecule has 6 nitrogen and oxygen atoms in total. The number of aromatic carboxylic acids is 1. The summed E-state index contributed by atoms with van der Waals surface area (Å²) >= 11 is 0. The number of nitrogens with one attached hydrogen (secondary N) is 2. The summed E-state index contributed by atoms with van der Waals surface area (Å²) in [5, 5.41) is 14.5. The molecule has 0 spiro atoms. The Morgan fingerprint density at radius 3 is 3.06 bits per heavy atom. The molecule has 0 aliphatic carbocycles. The van der Waals surface area contributed by atoms with Crippen molar-refractivity contribution in [2.75, 3.05) is 0 Å². The monoisotopic (exact) mass is 248 g/mol. The maximum atomic E-state index is 11.5. The highest BCUT2D eigenvalue weighted by molar-refractivity contribution is 5.88. The molecular formula is C12H12N2O4. The number of ether oxygens (including phenoxy) is 1. The van der Waals surface area contributed by atoms with Gasteiger partial charge in [0.05, 0.1) is 11.6 Å². The highest BCUT2D eigenvalue weighted by atomic mass is 16.5. The third-order valence-corrected chi connectivity index (χ3v) is 3.24. The van der Waals surface area contributed by atoms with Gasteiger partial charge in [-0.3, -0.25) is 0 Å². The van der Waals surface area contributed by atoms with Crippen LogP contribution < -0.4 is 15.4 Å². The molecule has 2 heterocycles. The number of benzene rings is 1. The Morgan fingerprint density at radius 1 is 1.56 bits per heavy atom. The van der Waals surface area contributed by atoms with Gasteiger partial charge < -0.3 is 20.5 Å². The highest BCUT2D eigenvalue weighted by Crippen LogP contribution is 2.40. The Labute approximate surface area is 103 Å². The van der Waals surface area contributed by atoms with Gasteiger partial charge in [0.15, 0.2) is 5.72 Å². The van der Waals surface area contributed by atoms with E-state index in [4.69, 9.17) is 9.84 Å². The fourth-order valence-corrected chi connectivity index (χ4v) is 2.47. The smallest absolute Gasteiger partial charge is 0.335 e. The zero-order valence-electron chi connectivity index (χ0n) is 9.69. The Hall–Kier alpha value is -2.24. The molecule has 1 fully saturated rings. The van der Waals surface area contributed by atoms with Gasteiger partial charge in [-0.1, -0.05) is 0 Å². The van der Waals surface area contributed by atoms with Crippen LogP contribution in [0.1, 0.15) is 35.3 Å². The number of carbonyl (C=O) groups excluding carboxylic acids is 1. The Morgan fingerprint density at radius 2 is 2.33 bits per heavy atom. The standard InChI is InChI=1S/C12H12N2O4/c1-12-5-8(13-11(17)14-12)7-4-6(10(15)16)2-3-9(7)18-12/h2-4,8H,5H2,1H3,(H,15,16)(H2,13,14,17)/t8-,12+/m0/s1. The lowest BCUT2D eigenvalue weighted by molar-refractivity contribution is 0.0119. The first-order chi connectivity index (χ1) is 8.47. The molecule has 2 aliphatic rings. The van der Waals surface area contributed by atoms with E-state index in [9.17, 15) is 9.59 Å². The summed E-state index contributed by atoms with van der Waals surface area (Å²) in [5.74, 6) is -0.391. The lowest BCUT2D eigenvalue weighted by Crippen LogP contribution is -2.62. The molecule has 6 heteroatoms. The van der Waals surface area contributed by atoms with Crippen LogP contribution in [0.3, 0.4) is 0 Å². The largest absolute Gasteiger partial charge is 0.478 e. The Kier molecular flexibility index (Phi) is 2.04. The average molecular weight is 248 g/mol. The summed E-state index contributed by atoms with van der Waals surface area (Å²) in [6.45, 7) is 1.80. The number of carboxylic acids is 1. The zero-order valence-corrected chi connectivity index (χ0v) is 9.69. The maximum Gasteiger partial charge on any atom is 0.335 e. The van der Waals surface area contributed by atoms with Crippen molar-refractivity contribution in [1.29, 1.82) is 0 Å². The topological polar surface area (TPSA) is 87.7 Å². The summed E-state index contributed by atoms with van der Waals surface area (Å²) in [4.78, 5) is 22.4. The fraction of sp³-hybridized carbons (Fsp3) is 0.333. The number of amides is 2. The SMILES string of the molecule is C[C@@]12C[C@H](NC(=O)N1)c1cc(C(=O)O)ccc1O2. The van der Waals surface area contributed by atoms with Crippen LogP contribution in [0, 0.1) is 0 Å². The van der Waals surface area contributed by atoms with Gasteiger partial charge in [0, 0.05) is 12.0 Å². The van der Waals surface area contributed by atoms with Crippen molar-refractivity contribution in [3.63, 3.8) is 0 Å². The van der Waals surface area contributed by atoms with Gasteiger partial charge in [0.2, 0.25) is 0 Å². The van der Waals surface area contributed by atoms with Crippen LogP contribution in [0.2, 0.25) is 0 Å². The Balaban J connectivity index is 2.08. The predicted molar refractivity (Wildman–Crippen MR) is 61.5 cm³/mol. The van der Waals surface area contributed by atoms with Gasteiger partial charge in [-0.25, -0.2) is 9.59 Å². The molecule has 18 heavy (non-hydrogen) atoms. The number of hydrogen-bond acceptors (Lipinski definition) is 3. The number of carboxylic acid groups (broad SMARTS) is 1. The number of rotatable bonds is 1. The van der Waals surface area contributed by atoms with Crippen LogP contribution in [0.4, 0.5) is 4.79 Å². The second-order valence-corrected chi connectivity index (χ2v) is 4.75. The van der Waals surface area contributed by atoms with Gasteiger partial charge in [-0.15, -0.1) is 0 Å². The Bertz CT molecular complexity index is 557. The van der Waals surface area contributed by atoms with Crippen LogP contribution in [0.25, 0.3) is 0 Å². The summed E-state index contributed by atoms with van der Waals surface area (Å²) in [6, 6.07) is 4.15. The predicted octanol–water partition coefficient (Wildman–Crippen LogP) is 1.24. The molecule has 94 valence electrons. The van der Waals surface area contributed by atoms with Crippen molar-refractivity contribution < 1.29 is 19.4 Å². The molecule has 0 saturated carbocycles. The van der Waals surface area contributed by atoms with Crippen molar-refractivity contribution in [1.82, 2.24) is 10.6 Å². The van der Waals surface area contributed by atoms with Gasteiger partial charge in [-0.05, 0) is 25.1 Å². The van der Waals surface area contributed by atoms with E-state index in [1.165, 1.54) is 6.07 Å². The second-order valence-electron chi connectivity index (χ2n) is 4.75. The molecule has 3 N–H and O–H groups in total. The van der Waals surface area contributed by atoms with Crippen molar-refractivity contribution in [3.8, 4) is 5.75 Å². The van der Waals surface area contributed by atoms with E-state index in [0.29, 0.717) is 17.7 Å². The summed E-state index contributed by atoms with van der Waals surface area (Å²) in [5.41, 5.74) is 0.168. The van der Waals surface area contributed by atoms with Gasteiger partial charge >= 0.3 is 12.0 Å². The van der Waals surface area contributed by atoms with E-state index in [1.54, 1.807) is 19.1 Å². The zero-order chi connectivity index (χ0) is 12.9. The van der Waals surface area contributed by atoms with Crippen molar-refractivity contribution >= 4 is 12.0 Å². The molecular weight excluding hydrogens is 236 g/mol. The van der Waals surface area contributed by atoms with E-state index in [2.05, 4.69) is 10.6 Å². The molecule has 2 amide bonds. The van der Waals surface area contributed by atoms with Gasteiger partial charge in [0.25, 0.3) is 0 Å². The first-order valence-electron chi connectivity index (χ1n) is 5.62. The lowest BCUT2D eigenvalue weighted by Gasteiger charge is -2.44. The summed E-state index contributed by atoms with van der Waals surface area (Å²) in [7, 11) is 0. The summed E-state index contributed by atoms with van der Waals surface area (Å²) in [6.07, 6.45) is 0.564. The van der Waals surface area contributed by atoms with Gasteiger partial charge in [-0.2, -0.15) is 0 Å². The number of carbonyl (C=O) groups is 2. The third-order valence-electron chi connectivity index (χ3n) is 3.24.